The molecule has 0 amide bonds. The third-order valence-electron chi connectivity index (χ3n) is 4.30. The molecule has 1 aromatic carbocycles. The van der Waals surface area contributed by atoms with Crippen molar-refractivity contribution in [2.24, 2.45) is 0 Å². The maximum atomic E-state index is 14.0. The molecular weight excluding hydrogens is 393 g/mol. The summed E-state index contributed by atoms with van der Waals surface area (Å²) in [4.78, 5) is 2.23. The minimum atomic E-state index is -0.279. The van der Waals surface area contributed by atoms with Gasteiger partial charge in [-0.1, -0.05) is 27.3 Å². The smallest absolute Gasteiger partial charge is 0.208 e. The quantitative estimate of drug-likeness (QED) is 0.706. The van der Waals surface area contributed by atoms with E-state index in [0.717, 1.165) is 35.5 Å². The summed E-state index contributed by atoms with van der Waals surface area (Å²) in [5, 5.41) is 17.0. The number of piperidine rings is 1. The lowest BCUT2D eigenvalue weighted by Crippen LogP contribution is -2.32. The van der Waals surface area contributed by atoms with Crippen LogP contribution in [0.1, 0.15) is 24.5 Å². The molecule has 0 unspecified atom stereocenters. The molecule has 1 aliphatic heterocycles. The first kappa shape index (κ1) is 15.7. The first-order valence-corrected chi connectivity index (χ1v) is 9.35. The number of benzene rings is 1. The Labute approximate surface area is 151 Å². The van der Waals surface area contributed by atoms with Crippen molar-refractivity contribution in [2.75, 3.05) is 18.0 Å². The molecule has 0 aliphatic carbocycles. The Morgan fingerprint density at radius 1 is 1.21 bits per heavy atom. The van der Waals surface area contributed by atoms with Crippen LogP contribution >= 0.6 is 27.3 Å². The molecule has 4 rings (SSSR count). The van der Waals surface area contributed by atoms with Crippen molar-refractivity contribution in [3.05, 3.63) is 46.4 Å². The van der Waals surface area contributed by atoms with Crippen LogP contribution in [0.4, 0.5) is 9.52 Å². The van der Waals surface area contributed by atoms with E-state index in [4.69, 9.17) is 0 Å². The van der Waals surface area contributed by atoms with E-state index in [1.54, 1.807) is 18.3 Å². The normalized spacial score (nSPS) is 15.8. The van der Waals surface area contributed by atoms with Gasteiger partial charge >= 0.3 is 0 Å². The molecule has 5 nitrogen and oxygen atoms in total. The predicted octanol–water partition coefficient (Wildman–Crippen LogP) is 4.21. The Balaban J connectivity index is 1.49. The molecule has 0 saturated carbocycles. The molecule has 1 aliphatic rings. The van der Waals surface area contributed by atoms with Crippen molar-refractivity contribution in [3.8, 4) is 10.6 Å². The van der Waals surface area contributed by atoms with E-state index in [1.165, 1.54) is 23.1 Å². The fourth-order valence-corrected chi connectivity index (χ4v) is 4.26. The highest BCUT2D eigenvalue weighted by Gasteiger charge is 2.24. The van der Waals surface area contributed by atoms with Gasteiger partial charge in [0.15, 0.2) is 5.01 Å². The molecule has 1 fully saturated rings. The lowest BCUT2D eigenvalue weighted by atomic mass is 9.94. The van der Waals surface area contributed by atoms with Crippen molar-refractivity contribution in [2.45, 2.75) is 18.8 Å². The lowest BCUT2D eigenvalue weighted by molar-refractivity contribution is 0.494. The van der Waals surface area contributed by atoms with Gasteiger partial charge in [-0.15, -0.1) is 10.2 Å². The molecule has 1 N–H and O–H groups in total. The van der Waals surface area contributed by atoms with Crippen LogP contribution in [0.5, 0.6) is 0 Å². The Bertz CT molecular complexity index is 827. The van der Waals surface area contributed by atoms with Crippen molar-refractivity contribution < 1.29 is 4.39 Å². The van der Waals surface area contributed by atoms with E-state index in [9.17, 15) is 4.39 Å². The average molecular weight is 408 g/mol. The maximum Gasteiger partial charge on any atom is 0.208 e. The van der Waals surface area contributed by atoms with E-state index in [0.29, 0.717) is 16.5 Å². The minimum Gasteiger partial charge on any atom is -0.347 e. The summed E-state index contributed by atoms with van der Waals surface area (Å²) in [5.74, 6) is 0.234. The molecule has 0 atom stereocenters. The van der Waals surface area contributed by atoms with Gasteiger partial charge in [-0.05, 0) is 37.1 Å². The van der Waals surface area contributed by atoms with Gasteiger partial charge in [-0.2, -0.15) is 5.10 Å². The zero-order chi connectivity index (χ0) is 16.5. The highest BCUT2D eigenvalue weighted by atomic mass is 79.9. The topological polar surface area (TPSA) is 57.7 Å². The SMILES string of the molecule is Fc1ccc(Br)cc1-c1nnc(N2CCC(c3ccn[nH]3)CC2)s1. The van der Waals surface area contributed by atoms with Gasteiger partial charge in [0, 0.05) is 40.9 Å². The Hall–Kier alpha value is -1.80. The van der Waals surface area contributed by atoms with Crippen LogP contribution in [0.2, 0.25) is 0 Å². The number of anilines is 1. The number of rotatable bonds is 3. The molecule has 3 aromatic rings. The first-order valence-electron chi connectivity index (χ1n) is 7.74. The third-order valence-corrected chi connectivity index (χ3v) is 5.81. The second-order valence-corrected chi connectivity index (χ2v) is 7.66. The summed E-state index contributed by atoms with van der Waals surface area (Å²) in [7, 11) is 0. The minimum absolute atomic E-state index is 0.279. The van der Waals surface area contributed by atoms with Crippen LogP contribution in [0.3, 0.4) is 0 Å². The molecule has 3 heterocycles. The molecule has 0 radical (unpaired) electrons. The molecule has 0 bridgehead atoms. The molecular formula is C16H15BrFN5S. The van der Waals surface area contributed by atoms with Gasteiger partial charge in [-0.3, -0.25) is 5.10 Å². The Morgan fingerprint density at radius 3 is 2.79 bits per heavy atom. The van der Waals surface area contributed by atoms with Crippen LogP contribution in [0, 0.1) is 5.82 Å². The maximum absolute atomic E-state index is 14.0. The monoisotopic (exact) mass is 407 g/mol. The van der Waals surface area contributed by atoms with Gasteiger partial charge in [0.1, 0.15) is 5.82 Å². The molecule has 24 heavy (non-hydrogen) atoms. The predicted molar refractivity (Wildman–Crippen MR) is 95.8 cm³/mol. The Morgan fingerprint density at radius 2 is 2.04 bits per heavy atom. The number of H-pyrrole nitrogens is 1. The summed E-state index contributed by atoms with van der Waals surface area (Å²) in [6, 6.07) is 6.90. The van der Waals surface area contributed by atoms with Crippen molar-refractivity contribution in [1.82, 2.24) is 20.4 Å². The number of hydrogen-bond acceptors (Lipinski definition) is 5. The first-order chi connectivity index (χ1) is 11.7. The van der Waals surface area contributed by atoms with Gasteiger partial charge in [0.25, 0.3) is 0 Å². The van der Waals surface area contributed by atoms with Gasteiger partial charge in [-0.25, -0.2) is 4.39 Å². The van der Waals surface area contributed by atoms with E-state index in [1.807, 2.05) is 6.07 Å². The van der Waals surface area contributed by atoms with Crippen molar-refractivity contribution in [3.63, 3.8) is 0 Å². The second kappa shape index (κ2) is 6.60. The van der Waals surface area contributed by atoms with Crippen LogP contribution in [0.25, 0.3) is 10.6 Å². The summed E-state index contributed by atoms with van der Waals surface area (Å²) in [6.45, 7) is 1.83. The third kappa shape index (κ3) is 3.08. The van der Waals surface area contributed by atoms with Crippen LogP contribution in [0.15, 0.2) is 34.9 Å². The van der Waals surface area contributed by atoms with E-state index in [-0.39, 0.29) is 5.82 Å². The number of nitrogens with zero attached hydrogens (tertiary/aromatic N) is 4. The number of nitrogens with one attached hydrogen (secondary N) is 1. The van der Waals surface area contributed by atoms with E-state index in [2.05, 4.69) is 41.2 Å². The van der Waals surface area contributed by atoms with Crippen LogP contribution in [-0.2, 0) is 0 Å². The molecule has 1 saturated heterocycles. The summed E-state index contributed by atoms with van der Waals surface area (Å²) in [6.07, 6.45) is 3.88. The zero-order valence-corrected chi connectivity index (χ0v) is 15.1. The summed E-state index contributed by atoms with van der Waals surface area (Å²) < 4.78 is 14.8. The average Bonchev–Trinajstić information content (AvgIpc) is 3.29. The molecule has 2 aromatic heterocycles. The van der Waals surface area contributed by atoms with Crippen LogP contribution in [-0.4, -0.2) is 33.5 Å². The summed E-state index contributed by atoms with van der Waals surface area (Å²) >= 11 is 4.81. The van der Waals surface area contributed by atoms with E-state index >= 15 is 0 Å². The van der Waals surface area contributed by atoms with Crippen molar-refractivity contribution >= 4 is 32.4 Å². The number of hydrogen-bond donors (Lipinski definition) is 1. The molecule has 124 valence electrons. The fourth-order valence-electron chi connectivity index (χ4n) is 2.99. The highest BCUT2D eigenvalue weighted by molar-refractivity contribution is 9.10. The molecule has 0 spiro atoms. The van der Waals surface area contributed by atoms with Crippen LogP contribution < -0.4 is 4.90 Å². The second-order valence-electron chi connectivity index (χ2n) is 5.79. The number of aromatic amines is 1. The number of halogens is 2. The van der Waals surface area contributed by atoms with Gasteiger partial charge in [0.05, 0.1) is 0 Å². The standard InChI is InChI=1S/C16H15BrFN5S/c17-11-1-2-13(18)12(9-11)15-21-22-16(24-15)23-7-4-10(5-8-23)14-3-6-19-20-14/h1-3,6,9-10H,4-5,7-8H2,(H,19,20). The molecule has 8 heteroatoms. The Kier molecular flexibility index (Phi) is 4.32. The highest BCUT2D eigenvalue weighted by Crippen LogP contribution is 2.35. The summed E-state index contributed by atoms with van der Waals surface area (Å²) in [5.41, 5.74) is 1.68. The van der Waals surface area contributed by atoms with Crippen molar-refractivity contribution in [1.29, 1.82) is 0 Å². The van der Waals surface area contributed by atoms with Gasteiger partial charge < -0.3 is 4.90 Å². The van der Waals surface area contributed by atoms with Gasteiger partial charge in [0.2, 0.25) is 5.13 Å². The van der Waals surface area contributed by atoms with E-state index < -0.39 is 0 Å². The fraction of sp³-hybridized carbons (Fsp3) is 0.312. The number of aromatic nitrogens is 4. The largest absolute Gasteiger partial charge is 0.347 e. The zero-order valence-electron chi connectivity index (χ0n) is 12.7. The lowest BCUT2D eigenvalue weighted by Gasteiger charge is -2.30.